The SMILES string of the molecule is COC(=O)/C(C)=C/Cn1cc(Br)c(C#N)n1. The predicted octanol–water partition coefficient (Wildman–Crippen LogP) is 1.64. The van der Waals surface area contributed by atoms with Crippen molar-refractivity contribution < 1.29 is 9.53 Å². The molecule has 0 spiro atoms. The Labute approximate surface area is 101 Å². The number of aromatic nitrogens is 2. The minimum absolute atomic E-state index is 0.323. The second kappa shape index (κ2) is 5.47. The number of allylic oxidation sites excluding steroid dienone is 1. The topological polar surface area (TPSA) is 67.9 Å². The average Bonchev–Trinajstić information content (AvgIpc) is 2.65. The van der Waals surface area contributed by atoms with Gasteiger partial charge in [-0.25, -0.2) is 4.79 Å². The second-order valence-electron chi connectivity index (χ2n) is 3.04. The van der Waals surface area contributed by atoms with Crippen LogP contribution in [0.15, 0.2) is 22.3 Å². The van der Waals surface area contributed by atoms with Crippen LogP contribution in [0.1, 0.15) is 12.6 Å². The van der Waals surface area contributed by atoms with Crippen molar-refractivity contribution in [2.24, 2.45) is 0 Å². The first kappa shape index (κ1) is 12.5. The van der Waals surface area contributed by atoms with E-state index < -0.39 is 0 Å². The Kier molecular flexibility index (Phi) is 4.26. The number of ether oxygens (including phenoxy) is 1. The molecule has 84 valence electrons. The third-order valence-corrected chi connectivity index (χ3v) is 2.50. The third kappa shape index (κ3) is 2.94. The van der Waals surface area contributed by atoms with E-state index in [1.165, 1.54) is 7.11 Å². The summed E-state index contributed by atoms with van der Waals surface area (Å²) in [5.74, 6) is -0.369. The molecule has 6 heteroatoms. The van der Waals surface area contributed by atoms with Gasteiger partial charge in [-0.2, -0.15) is 10.4 Å². The lowest BCUT2D eigenvalue weighted by Crippen LogP contribution is -2.04. The van der Waals surface area contributed by atoms with Crippen molar-refractivity contribution in [2.75, 3.05) is 7.11 Å². The summed E-state index contributed by atoms with van der Waals surface area (Å²) >= 11 is 3.21. The van der Waals surface area contributed by atoms with Crippen LogP contribution in [0.4, 0.5) is 0 Å². The molecule has 0 bridgehead atoms. The molecule has 1 heterocycles. The van der Waals surface area contributed by atoms with Gasteiger partial charge in [0, 0.05) is 11.8 Å². The smallest absolute Gasteiger partial charge is 0.333 e. The largest absolute Gasteiger partial charge is 0.466 e. The first-order chi connectivity index (χ1) is 7.58. The van der Waals surface area contributed by atoms with Crippen molar-refractivity contribution in [1.82, 2.24) is 9.78 Å². The van der Waals surface area contributed by atoms with Crippen LogP contribution >= 0.6 is 15.9 Å². The molecule has 0 aliphatic heterocycles. The molecular formula is C10H10BrN3O2. The lowest BCUT2D eigenvalue weighted by molar-refractivity contribution is -0.136. The first-order valence-corrected chi connectivity index (χ1v) is 5.26. The number of rotatable bonds is 3. The van der Waals surface area contributed by atoms with Gasteiger partial charge in [0.1, 0.15) is 6.07 Å². The van der Waals surface area contributed by atoms with Gasteiger partial charge >= 0.3 is 5.97 Å². The highest BCUT2D eigenvalue weighted by Gasteiger charge is 2.05. The van der Waals surface area contributed by atoms with Crippen LogP contribution in [0.2, 0.25) is 0 Å². The van der Waals surface area contributed by atoms with E-state index in [-0.39, 0.29) is 5.97 Å². The lowest BCUT2D eigenvalue weighted by Gasteiger charge is -1.99. The summed E-state index contributed by atoms with van der Waals surface area (Å²) in [5, 5.41) is 12.7. The molecule has 0 saturated carbocycles. The third-order valence-electron chi connectivity index (χ3n) is 1.91. The lowest BCUT2D eigenvalue weighted by atomic mass is 10.3. The molecule has 0 fully saturated rings. The summed E-state index contributed by atoms with van der Waals surface area (Å²) < 4.78 is 6.75. The standard InChI is InChI=1S/C10H10BrN3O2/c1-7(10(15)16-2)3-4-14-6-8(11)9(5-12)13-14/h3,6H,4H2,1-2H3/b7-3+. The van der Waals surface area contributed by atoms with E-state index in [0.29, 0.717) is 22.3 Å². The van der Waals surface area contributed by atoms with Gasteiger partial charge in [0.2, 0.25) is 0 Å². The van der Waals surface area contributed by atoms with Crippen LogP contribution in [0.3, 0.4) is 0 Å². The number of hydrogen-bond acceptors (Lipinski definition) is 4. The molecule has 5 nitrogen and oxygen atoms in total. The van der Waals surface area contributed by atoms with E-state index in [1.807, 2.05) is 6.07 Å². The number of carbonyl (C=O) groups is 1. The Morgan fingerprint density at radius 1 is 1.81 bits per heavy atom. The van der Waals surface area contributed by atoms with E-state index in [0.717, 1.165) is 0 Å². The van der Waals surface area contributed by atoms with Crippen molar-refractivity contribution >= 4 is 21.9 Å². The van der Waals surface area contributed by atoms with E-state index in [1.54, 1.807) is 23.9 Å². The van der Waals surface area contributed by atoms with E-state index in [9.17, 15) is 4.79 Å². The Morgan fingerprint density at radius 2 is 2.50 bits per heavy atom. The number of hydrogen-bond donors (Lipinski definition) is 0. The molecule has 0 N–H and O–H groups in total. The minimum Gasteiger partial charge on any atom is -0.466 e. The number of halogens is 1. The van der Waals surface area contributed by atoms with Crippen molar-refractivity contribution in [2.45, 2.75) is 13.5 Å². The summed E-state index contributed by atoms with van der Waals surface area (Å²) in [5.41, 5.74) is 0.830. The fourth-order valence-corrected chi connectivity index (χ4v) is 1.45. The summed E-state index contributed by atoms with van der Waals surface area (Å²) in [6.07, 6.45) is 3.37. The van der Waals surface area contributed by atoms with Crippen LogP contribution in [-0.2, 0) is 16.1 Å². The van der Waals surface area contributed by atoms with Crippen molar-refractivity contribution in [3.63, 3.8) is 0 Å². The van der Waals surface area contributed by atoms with Gasteiger partial charge in [-0.1, -0.05) is 6.08 Å². The highest BCUT2D eigenvalue weighted by Crippen LogP contribution is 2.13. The minimum atomic E-state index is -0.369. The van der Waals surface area contributed by atoms with Crippen molar-refractivity contribution in [3.05, 3.63) is 28.0 Å². The molecule has 0 aromatic carbocycles. The number of nitrogens with zero attached hydrogens (tertiary/aromatic N) is 3. The summed E-state index contributed by atoms with van der Waals surface area (Å²) in [4.78, 5) is 11.1. The number of esters is 1. The molecule has 0 atom stereocenters. The Balaban J connectivity index is 2.75. The fraction of sp³-hybridized carbons (Fsp3) is 0.300. The second-order valence-corrected chi connectivity index (χ2v) is 3.89. The zero-order valence-corrected chi connectivity index (χ0v) is 10.5. The van der Waals surface area contributed by atoms with Gasteiger partial charge in [0.15, 0.2) is 5.69 Å². The zero-order chi connectivity index (χ0) is 12.1. The van der Waals surface area contributed by atoms with E-state index in [2.05, 4.69) is 25.8 Å². The summed E-state index contributed by atoms with van der Waals surface area (Å²) in [7, 11) is 1.33. The highest BCUT2D eigenvalue weighted by atomic mass is 79.9. The maximum absolute atomic E-state index is 11.1. The van der Waals surface area contributed by atoms with Crippen LogP contribution in [-0.4, -0.2) is 22.9 Å². The summed E-state index contributed by atoms with van der Waals surface area (Å²) in [6.45, 7) is 2.08. The Morgan fingerprint density at radius 3 is 3.00 bits per heavy atom. The normalized spacial score (nSPS) is 11.0. The molecule has 0 aliphatic rings. The molecule has 16 heavy (non-hydrogen) atoms. The molecule has 1 aromatic rings. The number of methoxy groups -OCH3 is 1. The molecular weight excluding hydrogens is 274 g/mol. The zero-order valence-electron chi connectivity index (χ0n) is 8.90. The van der Waals surface area contributed by atoms with Crippen molar-refractivity contribution in [3.8, 4) is 6.07 Å². The van der Waals surface area contributed by atoms with Gasteiger partial charge < -0.3 is 4.74 Å². The molecule has 0 amide bonds. The first-order valence-electron chi connectivity index (χ1n) is 4.46. The Bertz CT molecular complexity index is 471. The van der Waals surface area contributed by atoms with Gasteiger partial charge in [0.25, 0.3) is 0 Å². The maximum atomic E-state index is 11.1. The molecule has 1 aromatic heterocycles. The van der Waals surface area contributed by atoms with Crippen LogP contribution in [0.5, 0.6) is 0 Å². The molecule has 0 radical (unpaired) electrons. The number of carbonyl (C=O) groups excluding carboxylic acids is 1. The quantitative estimate of drug-likeness (QED) is 0.625. The van der Waals surface area contributed by atoms with Crippen LogP contribution < -0.4 is 0 Å². The van der Waals surface area contributed by atoms with Crippen LogP contribution in [0.25, 0.3) is 0 Å². The van der Waals surface area contributed by atoms with E-state index in [4.69, 9.17) is 5.26 Å². The van der Waals surface area contributed by atoms with Gasteiger partial charge in [-0.3, -0.25) is 4.68 Å². The molecule has 0 unspecified atom stereocenters. The van der Waals surface area contributed by atoms with Crippen molar-refractivity contribution in [1.29, 1.82) is 5.26 Å². The monoisotopic (exact) mass is 283 g/mol. The maximum Gasteiger partial charge on any atom is 0.333 e. The van der Waals surface area contributed by atoms with Crippen LogP contribution in [0, 0.1) is 11.3 Å². The van der Waals surface area contributed by atoms with Gasteiger partial charge in [-0.05, 0) is 22.9 Å². The number of nitriles is 1. The van der Waals surface area contributed by atoms with Gasteiger partial charge in [-0.15, -0.1) is 0 Å². The molecule has 0 aliphatic carbocycles. The highest BCUT2D eigenvalue weighted by molar-refractivity contribution is 9.10. The fourth-order valence-electron chi connectivity index (χ4n) is 1.04. The predicted molar refractivity (Wildman–Crippen MR) is 60.4 cm³/mol. The summed E-state index contributed by atoms with van der Waals surface area (Å²) in [6, 6.07) is 1.95. The van der Waals surface area contributed by atoms with Gasteiger partial charge in [0.05, 0.1) is 18.1 Å². The molecule has 1 rings (SSSR count). The molecule has 0 saturated heterocycles. The van der Waals surface area contributed by atoms with E-state index >= 15 is 0 Å². The average molecular weight is 284 g/mol. The Hall–Kier alpha value is -1.61.